The summed E-state index contributed by atoms with van der Waals surface area (Å²) in [5.74, 6) is -1.22. The van der Waals surface area contributed by atoms with Crippen LogP contribution < -0.4 is 10.9 Å². The van der Waals surface area contributed by atoms with Gasteiger partial charge in [-0.05, 0) is 18.2 Å². The molecule has 8 nitrogen and oxygen atoms in total. The standard InChI is InChI=1S/C17H14FN5O3/c18-13-7-3-1-5-11(13)9-19-16(25)15-17(26)23(22-21-15)20-10-12-6-2-4-8-14(12)24/h1-8,10,22,24H,9H2,(H,19,25)/b20-10+. The molecule has 3 aromatic rings. The molecule has 0 saturated heterocycles. The van der Waals surface area contributed by atoms with Gasteiger partial charge in [0.05, 0.1) is 6.21 Å². The largest absolute Gasteiger partial charge is 0.507 e. The van der Waals surface area contributed by atoms with Gasteiger partial charge in [0.2, 0.25) is 5.69 Å². The highest BCUT2D eigenvalue weighted by Gasteiger charge is 2.16. The Bertz CT molecular complexity index is 1020. The van der Waals surface area contributed by atoms with Crippen LogP contribution >= 0.6 is 0 Å². The van der Waals surface area contributed by atoms with Crippen LogP contribution in [0.15, 0.2) is 58.4 Å². The van der Waals surface area contributed by atoms with Crippen LogP contribution in [0.5, 0.6) is 5.75 Å². The Hall–Kier alpha value is -3.75. The molecule has 0 atom stereocenters. The number of phenolic OH excluding ortho intramolecular Hbond substituents is 1. The van der Waals surface area contributed by atoms with E-state index in [0.717, 1.165) is 4.79 Å². The zero-order valence-electron chi connectivity index (χ0n) is 13.4. The van der Waals surface area contributed by atoms with Gasteiger partial charge in [0.25, 0.3) is 5.91 Å². The second-order valence-corrected chi connectivity index (χ2v) is 5.25. The molecule has 0 spiro atoms. The molecule has 3 rings (SSSR count). The Morgan fingerprint density at radius 3 is 2.77 bits per heavy atom. The van der Waals surface area contributed by atoms with Crippen molar-refractivity contribution in [3.8, 4) is 5.75 Å². The average Bonchev–Trinajstić information content (AvgIpc) is 3.01. The van der Waals surface area contributed by atoms with E-state index >= 15 is 0 Å². The lowest BCUT2D eigenvalue weighted by Gasteiger charge is -2.03. The van der Waals surface area contributed by atoms with Crippen LogP contribution in [-0.4, -0.2) is 32.3 Å². The number of carbonyl (C=O) groups is 1. The summed E-state index contributed by atoms with van der Waals surface area (Å²) in [6.07, 6.45) is 1.25. The van der Waals surface area contributed by atoms with Gasteiger partial charge in [0.1, 0.15) is 11.6 Å². The smallest absolute Gasteiger partial charge is 0.320 e. The number of aromatic nitrogens is 3. The topological polar surface area (TPSA) is 112 Å². The van der Waals surface area contributed by atoms with Crippen molar-refractivity contribution in [2.45, 2.75) is 6.54 Å². The van der Waals surface area contributed by atoms with E-state index in [1.165, 1.54) is 30.5 Å². The molecule has 3 N–H and O–H groups in total. The Morgan fingerprint density at radius 2 is 2.00 bits per heavy atom. The SMILES string of the molecule is O=C(NCc1ccccc1F)c1n[nH]n(/N=C/c2ccccc2O)c1=O. The van der Waals surface area contributed by atoms with E-state index < -0.39 is 23.0 Å². The van der Waals surface area contributed by atoms with Crippen LogP contribution in [0.2, 0.25) is 0 Å². The molecular formula is C17H14FN5O3. The Morgan fingerprint density at radius 1 is 1.27 bits per heavy atom. The summed E-state index contributed by atoms with van der Waals surface area (Å²) >= 11 is 0. The highest BCUT2D eigenvalue weighted by atomic mass is 19.1. The number of rotatable bonds is 5. The fourth-order valence-corrected chi connectivity index (χ4v) is 2.13. The van der Waals surface area contributed by atoms with Gasteiger partial charge in [-0.15, -0.1) is 9.89 Å². The molecule has 1 aromatic heterocycles. The fourth-order valence-electron chi connectivity index (χ4n) is 2.13. The van der Waals surface area contributed by atoms with Gasteiger partial charge in [-0.25, -0.2) is 4.39 Å². The summed E-state index contributed by atoms with van der Waals surface area (Å²) in [4.78, 5) is 25.0. The predicted octanol–water partition coefficient (Wildman–Crippen LogP) is 1.23. The molecule has 0 aliphatic rings. The van der Waals surface area contributed by atoms with Gasteiger partial charge in [-0.2, -0.15) is 10.3 Å². The van der Waals surface area contributed by atoms with Gasteiger partial charge < -0.3 is 10.4 Å². The van der Waals surface area contributed by atoms with Crippen molar-refractivity contribution in [3.63, 3.8) is 0 Å². The third kappa shape index (κ3) is 3.66. The van der Waals surface area contributed by atoms with Gasteiger partial charge in [-0.1, -0.05) is 30.3 Å². The maximum absolute atomic E-state index is 13.5. The summed E-state index contributed by atoms with van der Waals surface area (Å²) in [7, 11) is 0. The first-order chi connectivity index (χ1) is 12.6. The summed E-state index contributed by atoms with van der Waals surface area (Å²) in [5, 5.41) is 21.8. The molecule has 0 fully saturated rings. The molecule has 1 amide bonds. The molecule has 132 valence electrons. The maximum atomic E-state index is 13.5. The number of nitrogens with zero attached hydrogens (tertiary/aromatic N) is 3. The van der Waals surface area contributed by atoms with Crippen LogP contribution in [0.3, 0.4) is 0 Å². The minimum absolute atomic E-state index is 0.00771. The quantitative estimate of drug-likeness (QED) is 0.598. The molecule has 26 heavy (non-hydrogen) atoms. The van der Waals surface area contributed by atoms with Crippen molar-refractivity contribution in [2.24, 2.45) is 5.10 Å². The summed E-state index contributed by atoms with van der Waals surface area (Å²) in [6.45, 7) is -0.0844. The average molecular weight is 355 g/mol. The Balaban J connectivity index is 1.72. The van der Waals surface area contributed by atoms with E-state index in [9.17, 15) is 19.1 Å². The number of hydrogen-bond donors (Lipinski definition) is 3. The number of aromatic hydroxyl groups is 1. The Labute approximate surface area is 146 Å². The molecule has 0 unspecified atom stereocenters. The van der Waals surface area contributed by atoms with Crippen molar-refractivity contribution in [1.29, 1.82) is 0 Å². The van der Waals surface area contributed by atoms with Crippen molar-refractivity contribution in [1.82, 2.24) is 20.4 Å². The van der Waals surface area contributed by atoms with Crippen LogP contribution in [0.1, 0.15) is 21.6 Å². The molecule has 1 heterocycles. The summed E-state index contributed by atoms with van der Waals surface area (Å²) < 4.78 is 13.5. The number of halogens is 1. The molecule has 0 aliphatic heterocycles. The zero-order valence-corrected chi connectivity index (χ0v) is 13.4. The number of nitrogens with one attached hydrogen (secondary N) is 2. The van der Waals surface area contributed by atoms with E-state index in [1.54, 1.807) is 24.3 Å². The van der Waals surface area contributed by atoms with Crippen molar-refractivity contribution < 1.29 is 14.3 Å². The first-order valence-electron chi connectivity index (χ1n) is 7.57. The van der Waals surface area contributed by atoms with E-state index in [0.29, 0.717) is 5.56 Å². The first kappa shape index (κ1) is 17.1. The molecular weight excluding hydrogens is 341 g/mol. The number of H-pyrrole nitrogens is 1. The zero-order chi connectivity index (χ0) is 18.5. The molecule has 0 saturated carbocycles. The number of hydrogen-bond acceptors (Lipinski definition) is 5. The van der Waals surface area contributed by atoms with Crippen molar-refractivity contribution in [3.05, 3.63) is 81.5 Å². The highest BCUT2D eigenvalue weighted by Crippen LogP contribution is 2.12. The lowest BCUT2D eigenvalue weighted by molar-refractivity contribution is 0.0944. The second-order valence-electron chi connectivity index (χ2n) is 5.25. The lowest BCUT2D eigenvalue weighted by Crippen LogP contribution is -2.29. The van der Waals surface area contributed by atoms with Crippen molar-refractivity contribution in [2.75, 3.05) is 0 Å². The highest BCUT2D eigenvalue weighted by molar-refractivity contribution is 5.91. The normalized spacial score (nSPS) is 11.0. The Kier molecular flexibility index (Phi) is 4.88. The fraction of sp³-hybridized carbons (Fsp3) is 0.0588. The molecule has 0 aliphatic carbocycles. The first-order valence-corrected chi connectivity index (χ1v) is 7.57. The van der Waals surface area contributed by atoms with Crippen LogP contribution in [0.25, 0.3) is 0 Å². The van der Waals surface area contributed by atoms with Crippen LogP contribution in [-0.2, 0) is 6.54 Å². The van der Waals surface area contributed by atoms with Gasteiger partial charge in [0, 0.05) is 17.7 Å². The molecule has 2 aromatic carbocycles. The second kappa shape index (κ2) is 7.43. The van der Waals surface area contributed by atoms with E-state index in [1.807, 2.05) is 0 Å². The predicted molar refractivity (Wildman–Crippen MR) is 91.5 cm³/mol. The summed E-state index contributed by atoms with van der Waals surface area (Å²) in [6, 6.07) is 12.4. The third-order valence-electron chi connectivity index (χ3n) is 3.51. The molecule has 0 radical (unpaired) electrons. The van der Waals surface area contributed by atoms with Gasteiger partial charge in [-0.3, -0.25) is 9.59 Å². The van der Waals surface area contributed by atoms with Crippen molar-refractivity contribution >= 4 is 12.1 Å². The molecule has 9 heteroatoms. The minimum Gasteiger partial charge on any atom is -0.507 e. The number of benzene rings is 2. The number of amides is 1. The number of aromatic amines is 1. The van der Waals surface area contributed by atoms with Gasteiger partial charge >= 0.3 is 5.56 Å². The lowest BCUT2D eigenvalue weighted by atomic mass is 10.2. The van der Waals surface area contributed by atoms with Gasteiger partial charge in [0.15, 0.2) is 0 Å². The van der Waals surface area contributed by atoms with E-state index in [2.05, 4.69) is 20.7 Å². The van der Waals surface area contributed by atoms with E-state index in [4.69, 9.17) is 0 Å². The number of para-hydroxylation sites is 1. The number of phenols is 1. The monoisotopic (exact) mass is 355 g/mol. The minimum atomic E-state index is -0.775. The van der Waals surface area contributed by atoms with E-state index in [-0.39, 0.29) is 17.9 Å². The molecule has 0 bridgehead atoms. The summed E-state index contributed by atoms with van der Waals surface area (Å²) in [5.41, 5.74) is -0.507. The maximum Gasteiger partial charge on any atom is 0.320 e. The van der Waals surface area contributed by atoms with Crippen LogP contribution in [0.4, 0.5) is 4.39 Å². The third-order valence-corrected chi connectivity index (χ3v) is 3.51. The van der Waals surface area contributed by atoms with Crippen LogP contribution in [0, 0.1) is 5.82 Å². The number of carbonyl (C=O) groups excluding carboxylic acids is 1.